The van der Waals surface area contributed by atoms with Gasteiger partial charge in [0.1, 0.15) is 18.2 Å². The number of aryl methyl sites for hydroxylation is 1. The minimum absolute atomic E-state index is 0.0271. The van der Waals surface area contributed by atoms with E-state index in [4.69, 9.17) is 9.47 Å². The predicted octanol–water partition coefficient (Wildman–Crippen LogP) is 4.10. The highest BCUT2D eigenvalue weighted by Gasteiger charge is 2.23. The molecular formula is C20H17F2N3O3. The van der Waals surface area contributed by atoms with Gasteiger partial charge in [-0.25, -0.2) is 13.8 Å². The van der Waals surface area contributed by atoms with E-state index in [1.54, 1.807) is 19.1 Å². The maximum Gasteiger partial charge on any atom is 0.182 e. The minimum atomic E-state index is -0.690. The number of phenolic OH excluding ortho intramolecular Hbond substituents is 1. The van der Waals surface area contributed by atoms with Crippen LogP contribution in [0.5, 0.6) is 11.5 Å². The highest BCUT2D eigenvalue weighted by Crippen LogP contribution is 2.39. The van der Waals surface area contributed by atoms with Crippen molar-refractivity contribution in [3.8, 4) is 22.8 Å². The number of phenols is 1. The van der Waals surface area contributed by atoms with E-state index in [-0.39, 0.29) is 46.8 Å². The Morgan fingerprint density at radius 3 is 2.54 bits per heavy atom. The second kappa shape index (κ2) is 7.05. The molecule has 4 aromatic rings. The number of ether oxygens (including phenoxy) is 2. The number of aromatic nitrogens is 3. The van der Waals surface area contributed by atoms with Crippen molar-refractivity contribution in [3.63, 3.8) is 0 Å². The zero-order valence-corrected chi connectivity index (χ0v) is 15.2. The zero-order chi connectivity index (χ0) is 19.8. The molecule has 0 fully saturated rings. The number of hydrogen-bond donors (Lipinski definition) is 2. The Morgan fingerprint density at radius 1 is 1.07 bits per heavy atom. The molecule has 0 saturated carbocycles. The summed E-state index contributed by atoms with van der Waals surface area (Å²) in [7, 11) is 1.49. The van der Waals surface area contributed by atoms with E-state index in [1.165, 1.54) is 19.2 Å². The van der Waals surface area contributed by atoms with Crippen molar-refractivity contribution in [2.75, 3.05) is 20.3 Å². The van der Waals surface area contributed by atoms with Crippen LogP contribution in [0.3, 0.4) is 0 Å². The first-order chi connectivity index (χ1) is 13.5. The van der Waals surface area contributed by atoms with E-state index in [0.29, 0.717) is 16.6 Å². The van der Waals surface area contributed by atoms with Gasteiger partial charge in [0.05, 0.1) is 17.7 Å². The van der Waals surface area contributed by atoms with Gasteiger partial charge in [0.2, 0.25) is 0 Å². The molecule has 6 nitrogen and oxygen atoms in total. The van der Waals surface area contributed by atoms with Crippen LogP contribution in [0.25, 0.3) is 33.1 Å². The number of halogens is 2. The number of rotatable bonds is 5. The summed E-state index contributed by atoms with van der Waals surface area (Å²) in [4.78, 5) is 4.44. The maximum atomic E-state index is 15.4. The number of aromatic hydroxyl groups is 1. The fraction of sp³-hybridized carbons (Fsp3) is 0.200. The molecule has 4 rings (SSSR count). The number of benzene rings is 2. The summed E-state index contributed by atoms with van der Waals surface area (Å²) in [5.41, 5.74) is 1.59. The Kier molecular flexibility index (Phi) is 4.56. The number of aromatic amines is 1. The molecule has 0 radical (unpaired) electrons. The number of nitrogens with one attached hydrogen (secondary N) is 1. The van der Waals surface area contributed by atoms with Crippen molar-refractivity contribution in [1.82, 2.24) is 15.2 Å². The number of pyridine rings is 1. The highest BCUT2D eigenvalue weighted by atomic mass is 19.1. The molecule has 0 spiro atoms. The molecule has 8 heteroatoms. The smallest absolute Gasteiger partial charge is 0.182 e. The van der Waals surface area contributed by atoms with E-state index in [9.17, 15) is 5.11 Å². The molecule has 0 saturated heterocycles. The lowest BCUT2D eigenvalue weighted by molar-refractivity contribution is 0.144. The van der Waals surface area contributed by atoms with Crippen molar-refractivity contribution in [2.24, 2.45) is 0 Å². The number of methoxy groups -OCH3 is 1. The monoisotopic (exact) mass is 385 g/mol. The van der Waals surface area contributed by atoms with Gasteiger partial charge in [-0.2, -0.15) is 5.10 Å². The lowest BCUT2D eigenvalue weighted by atomic mass is 9.99. The van der Waals surface area contributed by atoms with Gasteiger partial charge in [0, 0.05) is 35.2 Å². The maximum absolute atomic E-state index is 15.4. The van der Waals surface area contributed by atoms with Gasteiger partial charge in [-0.15, -0.1) is 0 Å². The average Bonchev–Trinajstić information content (AvgIpc) is 3.06. The summed E-state index contributed by atoms with van der Waals surface area (Å²) in [5, 5.41) is 16.9. The summed E-state index contributed by atoms with van der Waals surface area (Å²) in [6.45, 7) is 2.04. The van der Waals surface area contributed by atoms with Crippen molar-refractivity contribution in [2.45, 2.75) is 6.92 Å². The van der Waals surface area contributed by atoms with Gasteiger partial charge >= 0.3 is 0 Å². The van der Waals surface area contributed by atoms with Gasteiger partial charge in [-0.1, -0.05) is 0 Å². The Balaban J connectivity index is 2.06. The fourth-order valence-corrected chi connectivity index (χ4v) is 3.20. The highest BCUT2D eigenvalue weighted by molar-refractivity contribution is 6.12. The van der Waals surface area contributed by atoms with Crippen molar-refractivity contribution in [3.05, 3.63) is 47.7 Å². The number of H-pyrrole nitrogens is 1. The van der Waals surface area contributed by atoms with Crippen LogP contribution in [0.4, 0.5) is 8.78 Å². The molecule has 144 valence electrons. The SMILES string of the molecule is COCCOc1cc(F)c2c(-c3ccc(O)cc3)nc3n[nH]c(C)c3c2c1F. The summed E-state index contributed by atoms with van der Waals surface area (Å²) in [5.74, 6) is -1.50. The van der Waals surface area contributed by atoms with Crippen molar-refractivity contribution < 1.29 is 23.4 Å². The van der Waals surface area contributed by atoms with Crippen LogP contribution in [0.15, 0.2) is 30.3 Å². The second-order valence-electron chi connectivity index (χ2n) is 6.32. The largest absolute Gasteiger partial charge is 0.508 e. The topological polar surface area (TPSA) is 80.3 Å². The Hall–Kier alpha value is -3.26. The minimum Gasteiger partial charge on any atom is -0.508 e. The molecule has 0 aliphatic carbocycles. The third-order valence-electron chi connectivity index (χ3n) is 4.50. The molecule has 0 amide bonds. The molecule has 2 aromatic heterocycles. The van der Waals surface area contributed by atoms with Crippen LogP contribution in [0, 0.1) is 18.6 Å². The van der Waals surface area contributed by atoms with Crippen LogP contribution in [0.2, 0.25) is 0 Å². The van der Waals surface area contributed by atoms with Gasteiger partial charge < -0.3 is 14.6 Å². The normalized spacial score (nSPS) is 11.4. The molecule has 2 heterocycles. The second-order valence-corrected chi connectivity index (χ2v) is 6.32. The quantitative estimate of drug-likeness (QED) is 0.506. The van der Waals surface area contributed by atoms with E-state index < -0.39 is 11.6 Å². The van der Waals surface area contributed by atoms with Crippen LogP contribution >= 0.6 is 0 Å². The summed E-state index contributed by atoms with van der Waals surface area (Å²) >= 11 is 0. The molecule has 28 heavy (non-hydrogen) atoms. The third kappa shape index (κ3) is 2.91. The van der Waals surface area contributed by atoms with Gasteiger partial charge in [-0.05, 0) is 31.2 Å². The summed E-state index contributed by atoms with van der Waals surface area (Å²) in [6, 6.07) is 7.10. The molecule has 0 aliphatic rings. The van der Waals surface area contributed by atoms with Crippen LogP contribution < -0.4 is 4.74 Å². The Bertz CT molecular complexity index is 1170. The zero-order valence-electron chi connectivity index (χ0n) is 15.2. The van der Waals surface area contributed by atoms with Crippen molar-refractivity contribution in [1.29, 1.82) is 0 Å². The first-order valence-corrected chi connectivity index (χ1v) is 8.58. The third-order valence-corrected chi connectivity index (χ3v) is 4.50. The standard InChI is InChI=1S/C20H17F2N3O3/c1-10-15-17-16(13(21)9-14(18(17)22)28-8-7-27-2)19(23-20(15)25-24-10)11-3-5-12(26)6-4-11/h3-6,9,26H,7-8H2,1-2H3,(H,23,24,25). The molecule has 2 aromatic carbocycles. The number of nitrogens with zero attached hydrogens (tertiary/aromatic N) is 2. The first-order valence-electron chi connectivity index (χ1n) is 8.58. The summed E-state index contributed by atoms with van der Waals surface area (Å²) in [6.07, 6.45) is 0. The van der Waals surface area contributed by atoms with Gasteiger partial charge in [0.15, 0.2) is 17.2 Å². The molecule has 0 aliphatic heterocycles. The Morgan fingerprint density at radius 2 is 1.82 bits per heavy atom. The van der Waals surface area contributed by atoms with E-state index in [0.717, 1.165) is 6.07 Å². The van der Waals surface area contributed by atoms with Crippen molar-refractivity contribution >= 4 is 21.8 Å². The lowest BCUT2D eigenvalue weighted by Crippen LogP contribution is -2.06. The average molecular weight is 385 g/mol. The van der Waals surface area contributed by atoms with Crippen LogP contribution in [0.1, 0.15) is 5.69 Å². The number of fused-ring (bicyclic) bond motifs is 3. The van der Waals surface area contributed by atoms with Gasteiger partial charge in [-0.3, -0.25) is 5.10 Å². The van der Waals surface area contributed by atoms with Crippen LogP contribution in [-0.2, 0) is 4.74 Å². The lowest BCUT2D eigenvalue weighted by Gasteiger charge is -2.13. The molecule has 2 N–H and O–H groups in total. The molecule has 0 atom stereocenters. The first kappa shape index (κ1) is 18.1. The molecular weight excluding hydrogens is 368 g/mol. The summed E-state index contributed by atoms with van der Waals surface area (Å²) < 4.78 is 40.8. The van der Waals surface area contributed by atoms with Crippen LogP contribution in [-0.4, -0.2) is 40.6 Å². The van der Waals surface area contributed by atoms with E-state index in [1.807, 2.05) is 0 Å². The molecule has 0 unspecified atom stereocenters. The fourth-order valence-electron chi connectivity index (χ4n) is 3.20. The van der Waals surface area contributed by atoms with E-state index in [2.05, 4.69) is 15.2 Å². The van der Waals surface area contributed by atoms with E-state index >= 15 is 8.78 Å². The molecule has 0 bridgehead atoms. The predicted molar refractivity (Wildman–Crippen MR) is 101 cm³/mol. The number of hydrogen-bond acceptors (Lipinski definition) is 5. The van der Waals surface area contributed by atoms with Gasteiger partial charge in [0.25, 0.3) is 0 Å². The Labute approximate surface area is 158 Å².